The van der Waals surface area contributed by atoms with E-state index in [1.54, 1.807) is 6.26 Å². The molecule has 1 fully saturated rings. The van der Waals surface area contributed by atoms with Crippen molar-refractivity contribution in [2.24, 2.45) is 0 Å². The number of aromatic nitrogens is 2. The first-order valence-corrected chi connectivity index (χ1v) is 10.3. The Labute approximate surface area is 172 Å². The van der Waals surface area contributed by atoms with Crippen LogP contribution in [0.5, 0.6) is 0 Å². The van der Waals surface area contributed by atoms with E-state index in [4.69, 9.17) is 4.42 Å². The third-order valence-electron chi connectivity index (χ3n) is 6.12. The topological polar surface area (TPSA) is 56.9 Å². The molecule has 1 N–H and O–H groups in total. The molecule has 6 heteroatoms. The lowest BCUT2D eigenvalue weighted by Crippen LogP contribution is -2.45. The molecule has 5 aromatic rings. The largest absolute Gasteiger partial charge is 0.464 e. The maximum Gasteiger partial charge on any atom is 0.258 e. The SMILES string of the molecule is O=c1[nH]c2cc(CN3CCN(c4cccc5occc45)CC3)cn2c2ccccc12. The van der Waals surface area contributed by atoms with Gasteiger partial charge in [0.15, 0.2) is 0 Å². The molecule has 0 amide bonds. The van der Waals surface area contributed by atoms with Crippen LogP contribution in [0.4, 0.5) is 5.69 Å². The molecule has 4 heterocycles. The molecule has 1 saturated heterocycles. The predicted molar refractivity (Wildman–Crippen MR) is 119 cm³/mol. The highest BCUT2D eigenvalue weighted by Gasteiger charge is 2.20. The van der Waals surface area contributed by atoms with Crippen molar-refractivity contribution in [3.63, 3.8) is 0 Å². The van der Waals surface area contributed by atoms with E-state index >= 15 is 0 Å². The average molecular weight is 398 g/mol. The first-order chi connectivity index (χ1) is 14.8. The van der Waals surface area contributed by atoms with Crippen LogP contribution in [0, 0.1) is 0 Å². The molecule has 2 aromatic carbocycles. The lowest BCUT2D eigenvalue weighted by atomic mass is 10.1. The van der Waals surface area contributed by atoms with Crippen LogP contribution < -0.4 is 10.5 Å². The van der Waals surface area contributed by atoms with Crippen molar-refractivity contribution in [1.82, 2.24) is 14.3 Å². The molecular formula is C24H22N4O2. The van der Waals surface area contributed by atoms with Gasteiger partial charge in [0.2, 0.25) is 0 Å². The van der Waals surface area contributed by atoms with E-state index in [0.717, 1.165) is 49.5 Å². The van der Waals surface area contributed by atoms with E-state index < -0.39 is 0 Å². The summed E-state index contributed by atoms with van der Waals surface area (Å²) in [4.78, 5) is 20.3. The van der Waals surface area contributed by atoms with E-state index in [1.807, 2.05) is 30.3 Å². The molecule has 0 atom stereocenters. The zero-order valence-corrected chi connectivity index (χ0v) is 16.5. The number of fused-ring (bicyclic) bond motifs is 4. The Balaban J connectivity index is 1.22. The second-order valence-corrected chi connectivity index (χ2v) is 7.95. The number of aromatic amines is 1. The van der Waals surface area contributed by atoms with E-state index in [0.29, 0.717) is 5.39 Å². The van der Waals surface area contributed by atoms with E-state index in [-0.39, 0.29) is 5.56 Å². The van der Waals surface area contributed by atoms with Gasteiger partial charge in [0.25, 0.3) is 5.56 Å². The number of piperazine rings is 1. The number of H-pyrrole nitrogens is 1. The molecule has 0 spiro atoms. The summed E-state index contributed by atoms with van der Waals surface area (Å²) >= 11 is 0. The standard InChI is InChI=1S/C24H22N4O2/c29-24-19-4-1-2-5-21(19)28-16-17(14-23(28)25-24)15-26-9-11-27(12-10-26)20-6-3-7-22-18(20)8-13-30-22/h1-8,13-14,16H,9-12,15H2,(H,25,29). The monoisotopic (exact) mass is 398 g/mol. The summed E-state index contributed by atoms with van der Waals surface area (Å²) in [5.41, 5.74) is 5.16. The van der Waals surface area contributed by atoms with Crippen LogP contribution in [0.2, 0.25) is 0 Å². The Morgan fingerprint density at radius 1 is 0.933 bits per heavy atom. The molecule has 1 aliphatic rings. The number of hydrogen-bond acceptors (Lipinski definition) is 4. The van der Waals surface area contributed by atoms with E-state index in [2.05, 4.69) is 49.6 Å². The number of furan rings is 1. The predicted octanol–water partition coefficient (Wildman–Crippen LogP) is 3.85. The normalized spacial score (nSPS) is 15.5. The number of rotatable bonds is 3. The summed E-state index contributed by atoms with van der Waals surface area (Å²) in [7, 11) is 0. The molecule has 3 aromatic heterocycles. The molecule has 30 heavy (non-hydrogen) atoms. The zero-order valence-electron chi connectivity index (χ0n) is 16.5. The fourth-order valence-corrected chi connectivity index (χ4v) is 4.62. The van der Waals surface area contributed by atoms with Gasteiger partial charge in [0.05, 0.1) is 17.2 Å². The van der Waals surface area contributed by atoms with Crippen molar-refractivity contribution < 1.29 is 4.42 Å². The fraction of sp³-hybridized carbons (Fsp3) is 0.208. The number of hydrogen-bond donors (Lipinski definition) is 1. The Hall–Kier alpha value is -3.51. The molecule has 0 saturated carbocycles. The van der Waals surface area contributed by atoms with Gasteiger partial charge < -0.3 is 18.7 Å². The first kappa shape index (κ1) is 17.4. The van der Waals surface area contributed by atoms with Crippen LogP contribution in [0.3, 0.4) is 0 Å². The Morgan fingerprint density at radius 3 is 2.70 bits per heavy atom. The molecule has 0 unspecified atom stereocenters. The number of nitrogens with one attached hydrogen (secondary N) is 1. The lowest BCUT2D eigenvalue weighted by Gasteiger charge is -2.36. The highest BCUT2D eigenvalue weighted by molar-refractivity contribution is 5.91. The minimum atomic E-state index is -0.0372. The minimum Gasteiger partial charge on any atom is -0.464 e. The molecule has 1 aliphatic heterocycles. The van der Waals surface area contributed by atoms with Crippen LogP contribution in [0.25, 0.3) is 27.5 Å². The van der Waals surface area contributed by atoms with Crippen molar-refractivity contribution in [3.05, 3.63) is 83.0 Å². The van der Waals surface area contributed by atoms with Gasteiger partial charge in [0.1, 0.15) is 11.2 Å². The van der Waals surface area contributed by atoms with E-state index in [9.17, 15) is 4.79 Å². The second kappa shape index (κ2) is 6.78. The van der Waals surface area contributed by atoms with Gasteiger partial charge in [-0.3, -0.25) is 9.69 Å². The quantitative estimate of drug-likeness (QED) is 0.502. The molecule has 0 radical (unpaired) electrons. The van der Waals surface area contributed by atoms with Gasteiger partial charge >= 0.3 is 0 Å². The maximum absolute atomic E-state index is 12.3. The van der Waals surface area contributed by atoms with Crippen LogP contribution in [0.1, 0.15) is 5.56 Å². The van der Waals surface area contributed by atoms with Crippen molar-refractivity contribution in [1.29, 1.82) is 0 Å². The average Bonchev–Trinajstić information content (AvgIpc) is 3.41. The summed E-state index contributed by atoms with van der Waals surface area (Å²) in [5, 5.41) is 1.90. The van der Waals surface area contributed by atoms with Gasteiger partial charge in [-0.05, 0) is 42.0 Å². The van der Waals surface area contributed by atoms with Gasteiger partial charge in [-0.15, -0.1) is 0 Å². The summed E-state index contributed by atoms with van der Waals surface area (Å²) < 4.78 is 7.64. The Bertz CT molecular complexity index is 1420. The maximum atomic E-state index is 12.3. The zero-order chi connectivity index (χ0) is 20.1. The highest BCUT2D eigenvalue weighted by atomic mass is 16.3. The fourth-order valence-electron chi connectivity index (χ4n) is 4.62. The Morgan fingerprint density at radius 2 is 1.80 bits per heavy atom. The molecular weight excluding hydrogens is 376 g/mol. The first-order valence-electron chi connectivity index (χ1n) is 10.3. The third kappa shape index (κ3) is 2.80. The number of para-hydroxylation sites is 1. The molecule has 6 rings (SSSR count). The second-order valence-electron chi connectivity index (χ2n) is 7.95. The van der Waals surface area contributed by atoms with Gasteiger partial charge in [-0.2, -0.15) is 0 Å². The molecule has 150 valence electrons. The van der Waals surface area contributed by atoms with E-state index in [1.165, 1.54) is 16.6 Å². The summed E-state index contributed by atoms with van der Waals surface area (Å²) in [6.07, 6.45) is 3.91. The van der Waals surface area contributed by atoms with Gasteiger partial charge in [-0.1, -0.05) is 18.2 Å². The highest BCUT2D eigenvalue weighted by Crippen LogP contribution is 2.28. The van der Waals surface area contributed by atoms with Crippen molar-refractivity contribution in [3.8, 4) is 0 Å². The molecule has 0 bridgehead atoms. The summed E-state index contributed by atoms with van der Waals surface area (Å²) in [6.45, 7) is 4.84. The molecule has 0 aliphatic carbocycles. The van der Waals surface area contributed by atoms with Crippen LogP contribution in [-0.4, -0.2) is 40.5 Å². The third-order valence-corrected chi connectivity index (χ3v) is 6.12. The van der Waals surface area contributed by atoms with Crippen LogP contribution >= 0.6 is 0 Å². The van der Waals surface area contributed by atoms with Gasteiger partial charge in [0, 0.05) is 50.0 Å². The minimum absolute atomic E-state index is 0.0372. The summed E-state index contributed by atoms with van der Waals surface area (Å²) in [5.74, 6) is 0. The van der Waals surface area contributed by atoms with Crippen LogP contribution in [-0.2, 0) is 6.54 Å². The Kier molecular flexibility index (Phi) is 3.92. The van der Waals surface area contributed by atoms with Crippen molar-refractivity contribution >= 4 is 33.2 Å². The summed E-state index contributed by atoms with van der Waals surface area (Å²) in [6, 6.07) is 18.1. The smallest absolute Gasteiger partial charge is 0.258 e. The molecule has 6 nitrogen and oxygen atoms in total. The lowest BCUT2D eigenvalue weighted by molar-refractivity contribution is 0.250. The number of anilines is 1. The van der Waals surface area contributed by atoms with Crippen molar-refractivity contribution in [2.45, 2.75) is 6.54 Å². The van der Waals surface area contributed by atoms with Crippen molar-refractivity contribution in [2.75, 3.05) is 31.1 Å². The number of benzene rings is 2. The van der Waals surface area contributed by atoms with Gasteiger partial charge in [-0.25, -0.2) is 0 Å². The van der Waals surface area contributed by atoms with Crippen LogP contribution in [0.15, 0.2) is 76.3 Å². The number of nitrogens with zero attached hydrogens (tertiary/aromatic N) is 3.